The lowest BCUT2D eigenvalue weighted by molar-refractivity contribution is -0.139. The molecule has 2 atom stereocenters. The number of benzene rings is 3. The first-order chi connectivity index (χ1) is 19.1. The number of carboxylic acid groups (broad SMARTS) is 1. The lowest BCUT2D eigenvalue weighted by Gasteiger charge is -2.19. The third-order valence-electron chi connectivity index (χ3n) is 6.35. The summed E-state index contributed by atoms with van der Waals surface area (Å²) in [5, 5.41) is 20.2. The molecule has 1 aliphatic carbocycles. The molecule has 0 saturated heterocycles. The summed E-state index contributed by atoms with van der Waals surface area (Å²) < 4.78 is 0. The molecule has 3 aromatic rings. The summed E-state index contributed by atoms with van der Waals surface area (Å²) in [5.41, 5.74) is 2.74. The van der Waals surface area contributed by atoms with Crippen LogP contribution in [-0.2, 0) is 22.4 Å². The summed E-state index contributed by atoms with van der Waals surface area (Å²) in [6.45, 7) is -0.396. The number of hydrogen-bond acceptors (Lipinski definition) is 4. The van der Waals surface area contributed by atoms with E-state index in [0.29, 0.717) is 10.6 Å². The highest BCUT2D eigenvalue weighted by molar-refractivity contribution is 6.41. The number of amides is 4. The van der Waals surface area contributed by atoms with Gasteiger partial charge in [-0.25, -0.2) is 9.59 Å². The summed E-state index contributed by atoms with van der Waals surface area (Å²) >= 11 is 18.6. The second-order valence-corrected chi connectivity index (χ2v) is 10.4. The Bertz CT molecular complexity index is 1470. The third-order valence-corrected chi connectivity index (χ3v) is 7.30. The smallest absolute Gasteiger partial charge is 0.328 e. The Kier molecular flexibility index (Phi) is 9.52. The summed E-state index contributed by atoms with van der Waals surface area (Å²) in [6.07, 6.45) is 1.56. The van der Waals surface area contributed by atoms with Crippen molar-refractivity contribution in [2.24, 2.45) is 0 Å². The van der Waals surface area contributed by atoms with E-state index in [2.05, 4.69) is 21.3 Å². The zero-order valence-corrected chi connectivity index (χ0v) is 23.2. The highest BCUT2D eigenvalue weighted by atomic mass is 35.5. The zero-order valence-electron chi connectivity index (χ0n) is 21.0. The van der Waals surface area contributed by atoms with Gasteiger partial charge >= 0.3 is 12.0 Å². The second kappa shape index (κ2) is 13.0. The number of carbonyl (C=O) groups excluding carboxylic acids is 3. The fourth-order valence-electron chi connectivity index (χ4n) is 4.43. The molecule has 40 heavy (non-hydrogen) atoms. The van der Waals surface area contributed by atoms with E-state index in [9.17, 15) is 24.3 Å². The molecule has 1 unspecified atom stereocenters. The zero-order chi connectivity index (χ0) is 28.8. The summed E-state index contributed by atoms with van der Waals surface area (Å²) in [7, 11) is 0. The number of aryl methyl sites for hydroxylation is 1. The Labute approximate surface area is 245 Å². The molecule has 0 radical (unpaired) electrons. The number of rotatable bonds is 9. The molecular formula is C28H25Cl3N4O5. The van der Waals surface area contributed by atoms with Crippen molar-refractivity contribution in [3.63, 3.8) is 0 Å². The van der Waals surface area contributed by atoms with Crippen LogP contribution >= 0.6 is 34.8 Å². The van der Waals surface area contributed by atoms with E-state index in [-0.39, 0.29) is 33.8 Å². The third kappa shape index (κ3) is 7.24. The number of carbonyl (C=O) groups is 4. The SMILES string of the molecule is O=C(Cc1cccc(Cl)c1)Nc1ccc(Cl)c(C(=O)NC(CNC(=O)N[C@@H]2CCc3ccccc32)C(=O)O)c1Cl. The number of anilines is 1. The van der Waals surface area contributed by atoms with Crippen LogP contribution < -0.4 is 21.3 Å². The van der Waals surface area contributed by atoms with Gasteiger partial charge in [0, 0.05) is 5.02 Å². The maximum atomic E-state index is 13.0. The summed E-state index contributed by atoms with van der Waals surface area (Å²) in [5.74, 6) is -2.68. The predicted octanol–water partition coefficient (Wildman–Crippen LogP) is 5.00. The maximum Gasteiger partial charge on any atom is 0.328 e. The van der Waals surface area contributed by atoms with Crippen LogP contribution in [0.2, 0.25) is 15.1 Å². The fourth-order valence-corrected chi connectivity index (χ4v) is 5.23. The van der Waals surface area contributed by atoms with E-state index in [1.54, 1.807) is 24.3 Å². The van der Waals surface area contributed by atoms with Gasteiger partial charge in [-0.05, 0) is 53.8 Å². The number of urea groups is 1. The van der Waals surface area contributed by atoms with Crippen LogP contribution in [0.1, 0.15) is 39.5 Å². The quantitative estimate of drug-likeness (QED) is 0.235. The Morgan fingerprint density at radius 3 is 2.50 bits per heavy atom. The van der Waals surface area contributed by atoms with Crippen molar-refractivity contribution in [1.29, 1.82) is 0 Å². The number of halogens is 3. The minimum Gasteiger partial charge on any atom is -0.480 e. The highest BCUT2D eigenvalue weighted by Gasteiger charge is 2.27. The molecule has 0 bridgehead atoms. The molecule has 5 N–H and O–H groups in total. The van der Waals surface area contributed by atoms with Gasteiger partial charge in [0.15, 0.2) is 0 Å². The number of nitrogens with one attached hydrogen (secondary N) is 4. The van der Waals surface area contributed by atoms with Gasteiger partial charge in [-0.2, -0.15) is 0 Å². The Morgan fingerprint density at radius 2 is 1.75 bits per heavy atom. The molecule has 12 heteroatoms. The monoisotopic (exact) mass is 602 g/mol. The van der Waals surface area contributed by atoms with Crippen LogP contribution in [0.25, 0.3) is 0 Å². The van der Waals surface area contributed by atoms with Gasteiger partial charge in [0.2, 0.25) is 5.91 Å². The van der Waals surface area contributed by atoms with Gasteiger partial charge in [-0.1, -0.05) is 71.2 Å². The van der Waals surface area contributed by atoms with Gasteiger partial charge in [0.1, 0.15) is 6.04 Å². The van der Waals surface area contributed by atoms with Crippen LogP contribution in [0.3, 0.4) is 0 Å². The molecule has 0 saturated carbocycles. The highest BCUT2D eigenvalue weighted by Crippen LogP contribution is 2.32. The van der Waals surface area contributed by atoms with Crippen molar-refractivity contribution in [1.82, 2.24) is 16.0 Å². The lowest BCUT2D eigenvalue weighted by Crippen LogP contribution is -2.50. The minimum absolute atomic E-state index is 0.00229. The van der Waals surface area contributed by atoms with Gasteiger partial charge in [0.05, 0.1) is 40.3 Å². The first kappa shape index (κ1) is 29.2. The molecule has 0 aliphatic heterocycles. The largest absolute Gasteiger partial charge is 0.480 e. The number of hydrogen-bond donors (Lipinski definition) is 5. The van der Waals surface area contributed by atoms with E-state index in [1.807, 2.05) is 24.3 Å². The van der Waals surface area contributed by atoms with Crippen LogP contribution in [0.4, 0.5) is 10.5 Å². The van der Waals surface area contributed by atoms with Crippen LogP contribution in [-0.4, -0.2) is 41.5 Å². The molecular weight excluding hydrogens is 579 g/mol. The maximum absolute atomic E-state index is 13.0. The van der Waals surface area contributed by atoms with E-state index < -0.39 is 36.4 Å². The summed E-state index contributed by atoms with van der Waals surface area (Å²) in [4.78, 5) is 49.9. The molecule has 0 fully saturated rings. The summed E-state index contributed by atoms with van der Waals surface area (Å²) in [6, 6.07) is 15.1. The normalized spacial score (nSPS) is 14.5. The average molecular weight is 604 g/mol. The Morgan fingerprint density at radius 1 is 0.975 bits per heavy atom. The van der Waals surface area contributed by atoms with Gasteiger partial charge in [-0.3, -0.25) is 9.59 Å². The van der Waals surface area contributed by atoms with E-state index in [4.69, 9.17) is 34.8 Å². The molecule has 208 valence electrons. The van der Waals surface area contributed by atoms with Crippen LogP contribution in [0, 0.1) is 0 Å². The van der Waals surface area contributed by atoms with Gasteiger partial charge in [0.25, 0.3) is 5.91 Å². The van der Waals surface area contributed by atoms with Crippen molar-refractivity contribution < 1.29 is 24.3 Å². The molecule has 0 heterocycles. The standard InChI is InChI=1S/C28H25Cl3N4O5/c29-17-6-3-4-15(12-17)13-23(36)33-21-11-9-19(30)24(25(21)31)26(37)34-22(27(38)39)14-32-28(40)35-20-10-8-16-5-1-2-7-18(16)20/h1-7,9,11-12,20,22H,8,10,13-14H2,(H,33,36)(H,34,37)(H,38,39)(H2,32,35,40)/t20-,22?/m1/s1. The molecule has 0 spiro atoms. The molecule has 3 aromatic carbocycles. The topological polar surface area (TPSA) is 137 Å². The molecule has 9 nitrogen and oxygen atoms in total. The van der Waals surface area contributed by atoms with E-state index >= 15 is 0 Å². The first-order valence-corrected chi connectivity index (χ1v) is 13.4. The molecule has 4 amide bonds. The van der Waals surface area contributed by atoms with Crippen LogP contribution in [0.5, 0.6) is 0 Å². The number of fused-ring (bicyclic) bond motifs is 1. The first-order valence-electron chi connectivity index (χ1n) is 12.3. The van der Waals surface area contributed by atoms with E-state index in [1.165, 1.54) is 12.1 Å². The van der Waals surface area contributed by atoms with Crippen molar-refractivity contribution in [3.8, 4) is 0 Å². The fraction of sp³-hybridized carbons (Fsp3) is 0.214. The van der Waals surface area contributed by atoms with Crippen molar-refractivity contribution in [2.45, 2.75) is 31.3 Å². The molecule has 0 aromatic heterocycles. The Balaban J connectivity index is 1.38. The second-order valence-electron chi connectivity index (χ2n) is 9.15. The van der Waals surface area contributed by atoms with Crippen molar-refractivity contribution in [2.75, 3.05) is 11.9 Å². The predicted molar refractivity (Wildman–Crippen MR) is 153 cm³/mol. The molecule has 1 aliphatic rings. The Hall–Kier alpha value is -3.79. The van der Waals surface area contributed by atoms with Gasteiger partial charge < -0.3 is 26.4 Å². The van der Waals surface area contributed by atoms with Gasteiger partial charge in [-0.15, -0.1) is 0 Å². The minimum atomic E-state index is -1.48. The number of aliphatic carboxylic acids is 1. The van der Waals surface area contributed by atoms with Crippen molar-refractivity contribution in [3.05, 3.63) is 98.0 Å². The average Bonchev–Trinajstić information content (AvgIpc) is 3.30. The molecule has 4 rings (SSSR count). The lowest BCUT2D eigenvalue weighted by atomic mass is 10.1. The van der Waals surface area contributed by atoms with Crippen LogP contribution in [0.15, 0.2) is 60.7 Å². The van der Waals surface area contributed by atoms with Crippen molar-refractivity contribution >= 4 is 64.3 Å². The number of carboxylic acids is 1. The van der Waals surface area contributed by atoms with E-state index in [0.717, 1.165) is 24.0 Å².